The molecule has 0 rings (SSSR count). The molecule has 0 amide bonds. The third-order valence-electron chi connectivity index (χ3n) is 1.85. The summed E-state index contributed by atoms with van der Waals surface area (Å²) >= 11 is 0. The topological polar surface area (TPSA) is 17.1 Å². The Bertz CT molecular complexity index is 168. The Balaban J connectivity index is 4.50. The van der Waals surface area contributed by atoms with Crippen LogP contribution in [0, 0.1) is 5.92 Å². The monoisotopic (exact) mass is 160 g/mol. The van der Waals surface area contributed by atoms with Crippen LogP contribution in [0.15, 0.2) is 10.5 Å². The summed E-state index contributed by atoms with van der Waals surface area (Å²) in [5, 5.41) is 0. The van der Waals surface area contributed by atoms with Gasteiger partial charge in [0.1, 0.15) is 0 Å². The fraction of sp³-hybridized carbons (Fsp3) is 0.750. The van der Waals surface area contributed by atoms with Gasteiger partial charge < -0.3 is 0 Å². The zero-order valence-corrected chi connectivity index (χ0v) is 8.21. The van der Waals surface area contributed by atoms with Gasteiger partial charge in [0.15, 0.2) is 0 Å². The molecule has 0 N–H and O–H groups in total. The first-order chi connectivity index (χ1) is 4.46. The van der Waals surface area contributed by atoms with Gasteiger partial charge in [-0.05, 0) is 19.8 Å². The second kappa shape index (κ2) is 3.91. The van der Waals surface area contributed by atoms with Gasteiger partial charge in [-0.25, -0.2) is 0 Å². The molecule has 0 fully saturated rings. The highest BCUT2D eigenvalue weighted by Crippen LogP contribution is 2.15. The van der Waals surface area contributed by atoms with Crippen molar-refractivity contribution in [2.45, 2.75) is 27.7 Å². The highest BCUT2D eigenvalue weighted by atomic mass is 32.2. The van der Waals surface area contributed by atoms with Crippen molar-refractivity contribution < 1.29 is 4.21 Å². The van der Waals surface area contributed by atoms with Gasteiger partial charge in [-0.15, -0.1) is 0 Å². The molecule has 0 heterocycles. The molecular weight excluding hydrogens is 144 g/mol. The quantitative estimate of drug-likeness (QED) is 0.606. The zero-order valence-electron chi connectivity index (χ0n) is 7.39. The van der Waals surface area contributed by atoms with Gasteiger partial charge in [0.25, 0.3) is 0 Å². The highest BCUT2D eigenvalue weighted by Gasteiger charge is 2.03. The Hall–Kier alpha value is -0.110. The molecule has 0 bridgehead atoms. The Morgan fingerprint density at radius 3 is 1.80 bits per heavy atom. The van der Waals surface area contributed by atoms with E-state index in [2.05, 4.69) is 13.8 Å². The Labute approximate surface area is 66.0 Å². The molecule has 0 saturated heterocycles. The summed E-state index contributed by atoms with van der Waals surface area (Å²) in [6.45, 7) is 8.21. The summed E-state index contributed by atoms with van der Waals surface area (Å²) in [6.07, 6.45) is 1.72. The summed E-state index contributed by atoms with van der Waals surface area (Å²) < 4.78 is 10.9. The first-order valence-corrected chi connectivity index (χ1v) is 5.03. The van der Waals surface area contributed by atoms with E-state index < -0.39 is 10.8 Å². The van der Waals surface area contributed by atoms with Gasteiger partial charge in [0.05, 0.1) is 0 Å². The van der Waals surface area contributed by atoms with Crippen molar-refractivity contribution in [2.24, 2.45) is 5.92 Å². The fourth-order valence-corrected chi connectivity index (χ4v) is 1.32. The van der Waals surface area contributed by atoms with Crippen LogP contribution >= 0.6 is 0 Å². The molecule has 60 valence electrons. The van der Waals surface area contributed by atoms with Crippen LogP contribution in [0.25, 0.3) is 0 Å². The molecule has 0 aliphatic heterocycles. The van der Waals surface area contributed by atoms with Crippen molar-refractivity contribution in [3.05, 3.63) is 10.5 Å². The maximum atomic E-state index is 10.9. The summed E-state index contributed by atoms with van der Waals surface area (Å²) in [4.78, 5) is 1.02. The van der Waals surface area contributed by atoms with Gasteiger partial charge in [-0.2, -0.15) is 0 Å². The Morgan fingerprint density at radius 1 is 1.30 bits per heavy atom. The second-order valence-electron chi connectivity index (χ2n) is 2.85. The Kier molecular flexibility index (Phi) is 3.87. The lowest BCUT2D eigenvalue weighted by Crippen LogP contribution is -1.97. The first-order valence-electron chi connectivity index (χ1n) is 3.47. The average molecular weight is 160 g/mol. The van der Waals surface area contributed by atoms with Crippen LogP contribution in [0.3, 0.4) is 0 Å². The van der Waals surface area contributed by atoms with E-state index in [4.69, 9.17) is 0 Å². The van der Waals surface area contributed by atoms with Crippen LogP contribution in [-0.2, 0) is 10.8 Å². The van der Waals surface area contributed by atoms with Crippen molar-refractivity contribution in [1.29, 1.82) is 0 Å². The molecule has 10 heavy (non-hydrogen) atoms. The van der Waals surface area contributed by atoms with Gasteiger partial charge in [0, 0.05) is 22.0 Å². The molecular formula is C8H16OS. The van der Waals surface area contributed by atoms with Gasteiger partial charge in [-0.1, -0.05) is 19.4 Å². The first kappa shape index (κ1) is 9.89. The van der Waals surface area contributed by atoms with Crippen molar-refractivity contribution in [1.82, 2.24) is 0 Å². The number of hydrogen-bond donors (Lipinski definition) is 0. The van der Waals surface area contributed by atoms with Crippen molar-refractivity contribution in [3.63, 3.8) is 0 Å². The average Bonchev–Trinajstić information content (AvgIpc) is 1.84. The molecule has 0 aliphatic carbocycles. The predicted octanol–water partition coefficient (Wildman–Crippen LogP) is 2.31. The van der Waals surface area contributed by atoms with Crippen LogP contribution in [0.5, 0.6) is 0 Å². The zero-order chi connectivity index (χ0) is 8.31. The molecule has 0 aliphatic rings. The normalized spacial score (nSPS) is 17.0. The van der Waals surface area contributed by atoms with Crippen molar-refractivity contribution in [3.8, 4) is 0 Å². The van der Waals surface area contributed by atoms with Crippen LogP contribution in [0.2, 0.25) is 0 Å². The highest BCUT2D eigenvalue weighted by molar-refractivity contribution is 7.88. The number of allylic oxidation sites excluding steroid dienone is 2. The van der Waals surface area contributed by atoms with E-state index >= 15 is 0 Å². The second-order valence-corrected chi connectivity index (χ2v) is 4.37. The molecule has 0 aromatic heterocycles. The molecule has 1 atom stereocenters. The van der Waals surface area contributed by atoms with Gasteiger partial charge >= 0.3 is 0 Å². The van der Waals surface area contributed by atoms with Crippen molar-refractivity contribution >= 4 is 10.8 Å². The minimum Gasteiger partial charge on any atom is -0.255 e. The lowest BCUT2D eigenvalue weighted by molar-refractivity contribution is 0.688. The number of hydrogen-bond acceptors (Lipinski definition) is 1. The largest absolute Gasteiger partial charge is 0.255 e. The van der Waals surface area contributed by atoms with Crippen LogP contribution < -0.4 is 0 Å². The summed E-state index contributed by atoms with van der Waals surface area (Å²) in [5.41, 5.74) is 1.25. The van der Waals surface area contributed by atoms with E-state index in [1.54, 1.807) is 6.26 Å². The minimum absolute atomic E-state index is 0.517. The SMILES string of the molecule is C/C(=C(/C)S(C)=O)C(C)C. The molecule has 0 spiro atoms. The molecule has 0 aromatic carbocycles. The lowest BCUT2D eigenvalue weighted by Gasteiger charge is -2.07. The smallest absolute Gasteiger partial charge is 0.0453 e. The maximum Gasteiger partial charge on any atom is 0.0453 e. The van der Waals surface area contributed by atoms with E-state index in [0.29, 0.717) is 5.92 Å². The number of rotatable bonds is 2. The van der Waals surface area contributed by atoms with Crippen molar-refractivity contribution in [2.75, 3.05) is 6.26 Å². The molecule has 0 aromatic rings. The van der Waals surface area contributed by atoms with Crippen LogP contribution in [0.1, 0.15) is 27.7 Å². The lowest BCUT2D eigenvalue weighted by atomic mass is 10.1. The molecule has 1 nitrogen and oxygen atoms in total. The van der Waals surface area contributed by atoms with Gasteiger partial charge in [0.2, 0.25) is 0 Å². The third kappa shape index (κ3) is 2.65. The summed E-state index contributed by atoms with van der Waals surface area (Å²) in [6, 6.07) is 0. The molecule has 1 unspecified atom stereocenters. The van der Waals surface area contributed by atoms with E-state index in [0.717, 1.165) is 4.91 Å². The van der Waals surface area contributed by atoms with E-state index in [1.165, 1.54) is 5.57 Å². The summed E-state index contributed by atoms with van der Waals surface area (Å²) in [5.74, 6) is 0.517. The predicted molar refractivity (Wildman–Crippen MR) is 47.3 cm³/mol. The van der Waals surface area contributed by atoms with Crippen LogP contribution in [0.4, 0.5) is 0 Å². The minimum atomic E-state index is -0.781. The molecule has 2 heteroatoms. The Morgan fingerprint density at radius 2 is 1.70 bits per heavy atom. The molecule has 0 radical (unpaired) electrons. The fourth-order valence-electron chi connectivity index (χ4n) is 0.633. The van der Waals surface area contributed by atoms with Crippen LogP contribution in [-0.4, -0.2) is 10.5 Å². The standard InChI is InChI=1S/C8H16OS/c1-6(2)7(3)8(4)10(5)9/h6H,1-5H3/b8-7+. The van der Waals surface area contributed by atoms with E-state index in [1.807, 2.05) is 13.8 Å². The maximum absolute atomic E-state index is 10.9. The van der Waals surface area contributed by atoms with Gasteiger partial charge in [-0.3, -0.25) is 4.21 Å². The van der Waals surface area contributed by atoms with E-state index in [-0.39, 0.29) is 0 Å². The third-order valence-corrected chi connectivity index (χ3v) is 3.04. The van der Waals surface area contributed by atoms with E-state index in [9.17, 15) is 4.21 Å². The summed E-state index contributed by atoms with van der Waals surface area (Å²) in [7, 11) is -0.781. The molecule has 0 saturated carbocycles.